The third-order valence-electron chi connectivity index (χ3n) is 5.95. The summed E-state index contributed by atoms with van der Waals surface area (Å²) in [5.74, 6) is -0.634. The molecule has 4 rings (SSSR count). The van der Waals surface area contributed by atoms with Crippen molar-refractivity contribution in [2.75, 3.05) is 30.0 Å². The van der Waals surface area contributed by atoms with Crippen molar-refractivity contribution in [3.05, 3.63) is 23.8 Å². The second-order valence-electron chi connectivity index (χ2n) is 8.45. The van der Waals surface area contributed by atoms with E-state index in [2.05, 4.69) is 20.6 Å². The van der Waals surface area contributed by atoms with Gasteiger partial charge in [-0.3, -0.25) is 0 Å². The molecule has 1 saturated carbocycles. The number of piperidine rings is 1. The van der Waals surface area contributed by atoms with Crippen molar-refractivity contribution in [3.63, 3.8) is 0 Å². The van der Waals surface area contributed by atoms with Crippen LogP contribution in [0.5, 0.6) is 0 Å². The molecule has 2 fully saturated rings. The second-order valence-corrected chi connectivity index (χ2v) is 11.4. The maximum absolute atomic E-state index is 14.6. The summed E-state index contributed by atoms with van der Waals surface area (Å²) in [5.41, 5.74) is -1.34. The maximum atomic E-state index is 14.6. The number of rotatable bonds is 6. The fourth-order valence-corrected chi connectivity index (χ4v) is 6.19. The first-order chi connectivity index (χ1) is 15.5. The molecule has 2 aromatic rings. The van der Waals surface area contributed by atoms with Crippen LogP contribution in [0.25, 0.3) is 10.4 Å². The van der Waals surface area contributed by atoms with E-state index in [0.717, 1.165) is 49.5 Å². The van der Waals surface area contributed by atoms with E-state index < -0.39 is 27.7 Å². The van der Waals surface area contributed by atoms with Crippen molar-refractivity contribution in [1.29, 1.82) is 0 Å². The van der Waals surface area contributed by atoms with Crippen LogP contribution in [0, 0.1) is 5.82 Å². The van der Waals surface area contributed by atoms with Crippen LogP contribution >= 0.6 is 11.3 Å². The van der Waals surface area contributed by atoms with Gasteiger partial charge < -0.3 is 10.6 Å². The van der Waals surface area contributed by atoms with E-state index in [1.54, 1.807) is 0 Å². The normalized spacial score (nSPS) is 19.2. The summed E-state index contributed by atoms with van der Waals surface area (Å²) in [6.07, 6.45) is 2.08. The lowest BCUT2D eigenvalue weighted by atomic mass is 10.1. The van der Waals surface area contributed by atoms with Crippen molar-refractivity contribution in [2.24, 2.45) is 0 Å². The standard InChI is InChI=1S/C20H25F4N5O2S2/c1-33(30,31)29-8-6-13(7-9-29)26-16-10-14(15(21)11-25-16)17-18(20(22,23)24)28-19(32-17)27-12-4-2-3-5-12/h10-13H,2-9H2,1H3,(H,25,26)(H,27,28). The minimum atomic E-state index is -4.73. The van der Waals surface area contributed by atoms with Crippen LogP contribution in [0.2, 0.25) is 0 Å². The van der Waals surface area contributed by atoms with E-state index >= 15 is 0 Å². The SMILES string of the molecule is CS(=O)(=O)N1CCC(Nc2cc(-c3sc(NC4CCCC4)nc3C(F)(F)F)c(F)cn2)CC1. The number of hydrogen-bond acceptors (Lipinski definition) is 7. The maximum Gasteiger partial charge on any atom is 0.434 e. The monoisotopic (exact) mass is 507 g/mol. The van der Waals surface area contributed by atoms with Gasteiger partial charge >= 0.3 is 6.18 Å². The molecule has 33 heavy (non-hydrogen) atoms. The number of pyridine rings is 1. The van der Waals surface area contributed by atoms with Gasteiger partial charge in [0.25, 0.3) is 0 Å². The number of aromatic nitrogens is 2. The van der Waals surface area contributed by atoms with Crippen LogP contribution in [0.4, 0.5) is 28.5 Å². The van der Waals surface area contributed by atoms with Gasteiger partial charge in [-0.25, -0.2) is 27.1 Å². The molecule has 2 aliphatic rings. The van der Waals surface area contributed by atoms with E-state index in [9.17, 15) is 26.0 Å². The summed E-state index contributed by atoms with van der Waals surface area (Å²) in [4.78, 5) is 7.44. The summed E-state index contributed by atoms with van der Waals surface area (Å²) in [6.45, 7) is 0.654. The van der Waals surface area contributed by atoms with E-state index in [1.165, 1.54) is 10.4 Å². The highest BCUT2D eigenvalue weighted by Gasteiger charge is 2.39. The second kappa shape index (κ2) is 9.34. The Morgan fingerprint density at radius 1 is 1.09 bits per heavy atom. The highest BCUT2D eigenvalue weighted by molar-refractivity contribution is 7.88. The van der Waals surface area contributed by atoms with E-state index in [-0.39, 0.29) is 33.5 Å². The largest absolute Gasteiger partial charge is 0.434 e. The Bertz CT molecular complexity index is 1090. The predicted molar refractivity (Wildman–Crippen MR) is 119 cm³/mol. The van der Waals surface area contributed by atoms with Crippen LogP contribution in [0.15, 0.2) is 12.3 Å². The lowest BCUT2D eigenvalue weighted by molar-refractivity contribution is -0.140. The highest BCUT2D eigenvalue weighted by atomic mass is 32.2. The summed E-state index contributed by atoms with van der Waals surface area (Å²) in [5, 5.41) is 6.29. The lowest BCUT2D eigenvalue weighted by Gasteiger charge is -2.31. The molecular formula is C20H25F4N5O2S2. The molecule has 13 heteroatoms. The Balaban J connectivity index is 1.56. The van der Waals surface area contributed by atoms with Crippen LogP contribution in [-0.2, 0) is 16.2 Å². The molecule has 0 unspecified atom stereocenters. The van der Waals surface area contributed by atoms with Gasteiger partial charge in [0.05, 0.1) is 17.3 Å². The van der Waals surface area contributed by atoms with Gasteiger partial charge in [0.15, 0.2) is 10.8 Å². The molecule has 7 nitrogen and oxygen atoms in total. The quantitative estimate of drug-likeness (QED) is 0.558. The zero-order valence-electron chi connectivity index (χ0n) is 18.0. The smallest absolute Gasteiger partial charge is 0.367 e. The molecule has 182 valence electrons. The van der Waals surface area contributed by atoms with Gasteiger partial charge in [0.1, 0.15) is 11.6 Å². The Kier molecular flexibility index (Phi) is 6.83. The van der Waals surface area contributed by atoms with Crippen molar-refractivity contribution in [1.82, 2.24) is 14.3 Å². The number of nitrogens with one attached hydrogen (secondary N) is 2. The first-order valence-corrected chi connectivity index (χ1v) is 13.4. The topological polar surface area (TPSA) is 87.2 Å². The minimum Gasteiger partial charge on any atom is -0.367 e. The first kappa shape index (κ1) is 24.1. The fourth-order valence-electron chi connectivity index (χ4n) is 4.23. The molecule has 1 aliphatic heterocycles. The minimum absolute atomic E-state index is 0.0717. The lowest BCUT2D eigenvalue weighted by Crippen LogP contribution is -2.41. The van der Waals surface area contributed by atoms with Crippen molar-refractivity contribution in [3.8, 4) is 10.4 Å². The number of anilines is 2. The van der Waals surface area contributed by atoms with Crippen LogP contribution in [0.1, 0.15) is 44.2 Å². The molecule has 0 radical (unpaired) electrons. The summed E-state index contributed by atoms with van der Waals surface area (Å²) >= 11 is 0.787. The molecule has 1 aliphatic carbocycles. The van der Waals surface area contributed by atoms with Crippen LogP contribution in [-0.4, -0.2) is 54.1 Å². The number of nitrogens with zero attached hydrogens (tertiary/aromatic N) is 3. The fraction of sp³-hybridized carbons (Fsp3) is 0.600. The Hall–Kier alpha value is -1.99. The average molecular weight is 508 g/mol. The molecule has 0 atom stereocenters. The van der Waals surface area contributed by atoms with Gasteiger partial charge in [0, 0.05) is 30.7 Å². The number of halogens is 4. The van der Waals surface area contributed by atoms with Gasteiger partial charge in [0.2, 0.25) is 10.0 Å². The van der Waals surface area contributed by atoms with Gasteiger partial charge in [-0.15, -0.1) is 0 Å². The van der Waals surface area contributed by atoms with Crippen molar-refractivity contribution in [2.45, 2.75) is 56.8 Å². The number of alkyl halides is 3. The van der Waals surface area contributed by atoms with Gasteiger partial charge in [-0.1, -0.05) is 24.2 Å². The molecule has 1 saturated heterocycles. The molecule has 2 N–H and O–H groups in total. The molecule has 0 aromatic carbocycles. The van der Waals surface area contributed by atoms with Gasteiger partial charge in [-0.05, 0) is 31.7 Å². The zero-order chi connectivity index (χ0) is 23.8. The van der Waals surface area contributed by atoms with E-state index in [0.29, 0.717) is 25.9 Å². The molecule has 2 aromatic heterocycles. The Labute approximate surface area is 193 Å². The predicted octanol–water partition coefficient (Wildman–Crippen LogP) is 4.55. The van der Waals surface area contributed by atoms with Crippen molar-refractivity contribution < 1.29 is 26.0 Å². The summed E-state index contributed by atoms with van der Waals surface area (Å²) in [6, 6.07) is 1.21. The highest BCUT2D eigenvalue weighted by Crippen LogP contribution is 2.43. The summed E-state index contributed by atoms with van der Waals surface area (Å²) < 4.78 is 80.5. The number of thiazole rings is 1. The van der Waals surface area contributed by atoms with Gasteiger partial charge in [-0.2, -0.15) is 13.2 Å². The van der Waals surface area contributed by atoms with E-state index in [4.69, 9.17) is 0 Å². The Morgan fingerprint density at radius 2 is 1.73 bits per heavy atom. The first-order valence-electron chi connectivity index (χ1n) is 10.7. The Morgan fingerprint density at radius 3 is 2.33 bits per heavy atom. The van der Waals surface area contributed by atoms with Crippen LogP contribution < -0.4 is 10.6 Å². The average Bonchev–Trinajstić information content (AvgIpc) is 3.39. The molecule has 3 heterocycles. The van der Waals surface area contributed by atoms with Crippen LogP contribution in [0.3, 0.4) is 0 Å². The molecule has 0 spiro atoms. The number of sulfonamides is 1. The summed E-state index contributed by atoms with van der Waals surface area (Å²) in [7, 11) is -3.27. The molecule has 0 bridgehead atoms. The zero-order valence-corrected chi connectivity index (χ0v) is 19.6. The molecule has 0 amide bonds. The third kappa shape index (κ3) is 5.75. The van der Waals surface area contributed by atoms with Crippen molar-refractivity contribution >= 4 is 32.3 Å². The number of hydrogen-bond donors (Lipinski definition) is 2. The third-order valence-corrected chi connectivity index (χ3v) is 8.28. The molecular weight excluding hydrogens is 482 g/mol. The van der Waals surface area contributed by atoms with E-state index in [1.807, 2.05) is 0 Å².